The fourth-order valence-corrected chi connectivity index (χ4v) is 2.47. The second-order valence-corrected chi connectivity index (χ2v) is 6.61. The Morgan fingerprint density at radius 3 is 2.76 bits per heavy atom. The number of nitrogens with one attached hydrogen (secondary N) is 1. The Bertz CT molecular complexity index is 608. The maximum atomic E-state index is 13.9. The van der Waals surface area contributed by atoms with E-state index in [9.17, 15) is 4.39 Å². The van der Waals surface area contributed by atoms with E-state index in [1.807, 2.05) is 19.2 Å². The zero-order chi connectivity index (χ0) is 15.4. The van der Waals surface area contributed by atoms with Gasteiger partial charge in [0.2, 0.25) is 0 Å². The lowest BCUT2D eigenvalue weighted by Gasteiger charge is -2.06. The number of aryl methyl sites for hydroxylation is 1. The van der Waals surface area contributed by atoms with Crippen LogP contribution in [0.5, 0.6) is 0 Å². The molecular formula is C16H21BrFN3. The number of benzene rings is 1. The van der Waals surface area contributed by atoms with Crippen molar-refractivity contribution >= 4 is 15.9 Å². The molecule has 2 rings (SSSR count). The number of nitrogens with zero attached hydrogens (tertiary/aromatic N) is 2. The summed E-state index contributed by atoms with van der Waals surface area (Å²) in [7, 11) is 0. The van der Waals surface area contributed by atoms with E-state index in [2.05, 4.69) is 40.2 Å². The van der Waals surface area contributed by atoms with Crippen LogP contribution in [-0.2, 0) is 13.1 Å². The van der Waals surface area contributed by atoms with Crippen LogP contribution in [0.3, 0.4) is 0 Å². The molecule has 0 saturated carbocycles. The van der Waals surface area contributed by atoms with Crippen molar-refractivity contribution in [2.24, 2.45) is 5.92 Å². The Labute approximate surface area is 133 Å². The van der Waals surface area contributed by atoms with Crippen molar-refractivity contribution < 1.29 is 4.39 Å². The molecule has 114 valence electrons. The van der Waals surface area contributed by atoms with Gasteiger partial charge in [-0.2, -0.15) is 5.10 Å². The van der Waals surface area contributed by atoms with Gasteiger partial charge >= 0.3 is 0 Å². The largest absolute Gasteiger partial charge is 0.312 e. The van der Waals surface area contributed by atoms with Crippen molar-refractivity contribution in [3.8, 4) is 0 Å². The Morgan fingerprint density at radius 1 is 1.33 bits per heavy atom. The standard InChI is InChI=1S/C16H21BrFN3/c1-11(2)7-19-8-14-10-21(20-12(14)3)9-13-4-5-15(17)6-16(13)18/h4-6,10-11,19H,7-9H2,1-3H3. The predicted molar refractivity (Wildman–Crippen MR) is 86.7 cm³/mol. The van der Waals surface area contributed by atoms with Crippen molar-refractivity contribution in [1.29, 1.82) is 0 Å². The number of hydrogen-bond acceptors (Lipinski definition) is 2. The minimum atomic E-state index is -0.211. The summed E-state index contributed by atoms with van der Waals surface area (Å²) in [6, 6.07) is 5.11. The quantitative estimate of drug-likeness (QED) is 0.853. The summed E-state index contributed by atoms with van der Waals surface area (Å²) >= 11 is 3.27. The third-order valence-corrected chi connectivity index (χ3v) is 3.76. The highest BCUT2D eigenvalue weighted by Gasteiger charge is 2.08. The van der Waals surface area contributed by atoms with Crippen LogP contribution in [0.1, 0.15) is 30.7 Å². The Morgan fingerprint density at radius 2 is 2.10 bits per heavy atom. The van der Waals surface area contributed by atoms with E-state index in [-0.39, 0.29) is 5.82 Å². The van der Waals surface area contributed by atoms with Crippen LogP contribution in [0.2, 0.25) is 0 Å². The van der Waals surface area contributed by atoms with Crippen molar-refractivity contribution in [3.05, 3.63) is 51.5 Å². The molecule has 1 N–H and O–H groups in total. The van der Waals surface area contributed by atoms with Gasteiger partial charge in [-0.05, 0) is 31.5 Å². The van der Waals surface area contributed by atoms with E-state index in [0.717, 1.165) is 28.8 Å². The molecular weight excluding hydrogens is 333 g/mol. The monoisotopic (exact) mass is 353 g/mol. The number of rotatable bonds is 6. The molecule has 1 aromatic heterocycles. The topological polar surface area (TPSA) is 29.9 Å². The number of halogens is 2. The Balaban J connectivity index is 2.04. The zero-order valence-corrected chi connectivity index (χ0v) is 14.2. The first-order valence-corrected chi connectivity index (χ1v) is 7.92. The van der Waals surface area contributed by atoms with Gasteiger partial charge in [-0.3, -0.25) is 4.68 Å². The summed E-state index contributed by atoms with van der Waals surface area (Å²) in [5.41, 5.74) is 2.79. The lowest BCUT2D eigenvalue weighted by atomic mass is 10.2. The molecule has 0 bridgehead atoms. The van der Waals surface area contributed by atoms with Gasteiger partial charge in [-0.25, -0.2) is 4.39 Å². The normalized spacial score (nSPS) is 11.3. The van der Waals surface area contributed by atoms with Gasteiger partial charge in [0.25, 0.3) is 0 Å². The van der Waals surface area contributed by atoms with Gasteiger partial charge < -0.3 is 5.32 Å². The first kappa shape index (κ1) is 16.2. The summed E-state index contributed by atoms with van der Waals surface area (Å²) in [6.45, 7) is 8.57. The second-order valence-electron chi connectivity index (χ2n) is 5.70. The molecule has 0 radical (unpaired) electrons. The van der Waals surface area contributed by atoms with Crippen LogP contribution < -0.4 is 5.32 Å². The van der Waals surface area contributed by atoms with Crippen LogP contribution in [0.25, 0.3) is 0 Å². The third-order valence-electron chi connectivity index (χ3n) is 3.26. The molecule has 0 aliphatic heterocycles. The fourth-order valence-electron chi connectivity index (χ4n) is 2.13. The van der Waals surface area contributed by atoms with Crippen molar-refractivity contribution in [1.82, 2.24) is 15.1 Å². The molecule has 2 aromatic rings. The average molecular weight is 354 g/mol. The van der Waals surface area contributed by atoms with E-state index >= 15 is 0 Å². The van der Waals surface area contributed by atoms with Gasteiger partial charge in [0.1, 0.15) is 5.82 Å². The molecule has 0 spiro atoms. The Kier molecular flexibility index (Phi) is 5.53. The molecule has 1 heterocycles. The first-order chi connectivity index (χ1) is 9.95. The van der Waals surface area contributed by atoms with Gasteiger partial charge in [-0.1, -0.05) is 35.8 Å². The van der Waals surface area contributed by atoms with Crippen LogP contribution in [-0.4, -0.2) is 16.3 Å². The van der Waals surface area contributed by atoms with Gasteiger partial charge in [0, 0.05) is 28.3 Å². The van der Waals surface area contributed by atoms with Crippen LogP contribution in [0.4, 0.5) is 4.39 Å². The fraction of sp³-hybridized carbons (Fsp3) is 0.438. The third kappa shape index (κ3) is 4.64. The highest BCUT2D eigenvalue weighted by atomic mass is 79.9. The molecule has 0 atom stereocenters. The maximum Gasteiger partial charge on any atom is 0.129 e. The van der Waals surface area contributed by atoms with E-state index in [1.165, 1.54) is 6.07 Å². The zero-order valence-electron chi connectivity index (χ0n) is 12.7. The minimum Gasteiger partial charge on any atom is -0.312 e. The van der Waals surface area contributed by atoms with E-state index in [4.69, 9.17) is 0 Å². The van der Waals surface area contributed by atoms with Crippen molar-refractivity contribution in [2.75, 3.05) is 6.54 Å². The summed E-state index contributed by atoms with van der Waals surface area (Å²) < 4.78 is 16.4. The molecule has 0 unspecified atom stereocenters. The van der Waals surface area contributed by atoms with Gasteiger partial charge in [0.15, 0.2) is 0 Å². The predicted octanol–water partition coefficient (Wildman–Crippen LogP) is 3.89. The summed E-state index contributed by atoms with van der Waals surface area (Å²) in [5, 5.41) is 7.87. The highest BCUT2D eigenvalue weighted by molar-refractivity contribution is 9.10. The van der Waals surface area contributed by atoms with Crippen LogP contribution in [0.15, 0.2) is 28.9 Å². The van der Waals surface area contributed by atoms with Crippen molar-refractivity contribution in [2.45, 2.75) is 33.9 Å². The van der Waals surface area contributed by atoms with Gasteiger partial charge in [-0.15, -0.1) is 0 Å². The molecule has 5 heteroatoms. The number of aromatic nitrogens is 2. The summed E-state index contributed by atoms with van der Waals surface area (Å²) in [6.07, 6.45) is 1.99. The van der Waals surface area contributed by atoms with E-state index in [0.29, 0.717) is 18.0 Å². The van der Waals surface area contributed by atoms with Gasteiger partial charge in [0.05, 0.1) is 12.2 Å². The van der Waals surface area contributed by atoms with E-state index in [1.54, 1.807) is 10.7 Å². The molecule has 21 heavy (non-hydrogen) atoms. The molecule has 1 aromatic carbocycles. The highest BCUT2D eigenvalue weighted by Crippen LogP contribution is 2.16. The van der Waals surface area contributed by atoms with Crippen LogP contribution >= 0.6 is 15.9 Å². The Hall–Kier alpha value is -1.20. The summed E-state index contributed by atoms with van der Waals surface area (Å²) in [5.74, 6) is 0.411. The molecule has 0 amide bonds. The van der Waals surface area contributed by atoms with Crippen molar-refractivity contribution in [3.63, 3.8) is 0 Å². The maximum absolute atomic E-state index is 13.9. The lowest BCUT2D eigenvalue weighted by Crippen LogP contribution is -2.19. The molecule has 0 saturated heterocycles. The minimum absolute atomic E-state index is 0.211. The lowest BCUT2D eigenvalue weighted by molar-refractivity contribution is 0.551. The SMILES string of the molecule is Cc1nn(Cc2ccc(Br)cc2F)cc1CNCC(C)C. The second kappa shape index (κ2) is 7.18. The number of hydrogen-bond donors (Lipinski definition) is 1. The van der Waals surface area contributed by atoms with E-state index < -0.39 is 0 Å². The molecule has 0 aliphatic rings. The molecule has 3 nitrogen and oxygen atoms in total. The summed E-state index contributed by atoms with van der Waals surface area (Å²) in [4.78, 5) is 0. The molecule has 0 aliphatic carbocycles. The molecule has 0 fully saturated rings. The smallest absolute Gasteiger partial charge is 0.129 e. The van der Waals surface area contributed by atoms with Crippen LogP contribution in [0, 0.1) is 18.7 Å². The first-order valence-electron chi connectivity index (χ1n) is 7.13. The average Bonchev–Trinajstić information content (AvgIpc) is 2.73.